The van der Waals surface area contributed by atoms with Crippen LogP contribution in [-0.2, 0) is 22.6 Å². The Kier molecular flexibility index (Phi) is 3.78. The second-order valence-electron chi connectivity index (χ2n) is 5.01. The number of fused-ring (bicyclic) bond motifs is 1. The highest BCUT2D eigenvalue weighted by atomic mass is 16.5. The quantitative estimate of drug-likeness (QED) is 0.850. The Morgan fingerprint density at radius 3 is 3.05 bits per heavy atom. The number of carbonyl (C=O) groups excluding carboxylic acids is 1. The van der Waals surface area contributed by atoms with Crippen LogP contribution < -0.4 is 10.1 Å². The third-order valence-electron chi connectivity index (χ3n) is 3.46. The molecule has 1 aliphatic rings. The SMILES string of the molecule is O=C(Cn1cccn1)NC(C(=O)O)c1ccc2c(c1)CCO2. The number of aliphatic carboxylic acids is 1. The standard InChI is InChI=1S/C15H15N3O4/c19-13(9-18-6-1-5-16-18)17-14(15(20)21)11-2-3-12-10(8-11)4-7-22-12/h1-3,5-6,8,14H,4,7,9H2,(H,17,19)(H,20,21). The lowest BCUT2D eigenvalue weighted by molar-refractivity contribution is -0.142. The Morgan fingerprint density at radius 1 is 1.45 bits per heavy atom. The lowest BCUT2D eigenvalue weighted by Gasteiger charge is -2.15. The van der Waals surface area contributed by atoms with E-state index in [0.717, 1.165) is 17.7 Å². The van der Waals surface area contributed by atoms with Crippen molar-refractivity contribution in [1.29, 1.82) is 0 Å². The minimum absolute atomic E-state index is 0.0230. The lowest BCUT2D eigenvalue weighted by Crippen LogP contribution is -2.36. The maximum Gasteiger partial charge on any atom is 0.330 e. The minimum Gasteiger partial charge on any atom is -0.493 e. The predicted octanol–water partition coefficient (Wildman–Crippen LogP) is 0.760. The summed E-state index contributed by atoms with van der Waals surface area (Å²) in [6, 6.07) is 5.79. The maximum absolute atomic E-state index is 12.0. The highest BCUT2D eigenvalue weighted by molar-refractivity contribution is 5.84. The van der Waals surface area contributed by atoms with Gasteiger partial charge in [0.15, 0.2) is 6.04 Å². The molecule has 1 atom stereocenters. The Labute approximate surface area is 126 Å². The molecule has 22 heavy (non-hydrogen) atoms. The number of benzene rings is 1. The molecule has 0 saturated carbocycles. The van der Waals surface area contributed by atoms with Crippen LogP contribution in [0.4, 0.5) is 0 Å². The number of hydrogen-bond donors (Lipinski definition) is 2. The number of ether oxygens (including phenoxy) is 1. The highest BCUT2D eigenvalue weighted by Crippen LogP contribution is 2.28. The van der Waals surface area contributed by atoms with Gasteiger partial charge >= 0.3 is 5.97 Å². The number of aromatic nitrogens is 2. The zero-order chi connectivity index (χ0) is 15.5. The summed E-state index contributed by atoms with van der Waals surface area (Å²) in [7, 11) is 0. The second kappa shape index (κ2) is 5.88. The van der Waals surface area contributed by atoms with E-state index < -0.39 is 17.9 Å². The molecule has 0 saturated heterocycles. The molecule has 0 radical (unpaired) electrons. The lowest BCUT2D eigenvalue weighted by atomic mass is 10.0. The van der Waals surface area contributed by atoms with Crippen molar-refractivity contribution >= 4 is 11.9 Å². The van der Waals surface area contributed by atoms with Gasteiger partial charge in [-0.15, -0.1) is 0 Å². The summed E-state index contributed by atoms with van der Waals surface area (Å²) in [5, 5.41) is 15.8. The number of carbonyl (C=O) groups is 2. The van der Waals surface area contributed by atoms with Crippen LogP contribution in [0.3, 0.4) is 0 Å². The first-order chi connectivity index (χ1) is 10.6. The van der Waals surface area contributed by atoms with Crippen LogP contribution in [0.25, 0.3) is 0 Å². The van der Waals surface area contributed by atoms with Gasteiger partial charge in [0.25, 0.3) is 0 Å². The van der Waals surface area contributed by atoms with Gasteiger partial charge in [0.05, 0.1) is 6.61 Å². The maximum atomic E-state index is 12.0. The van der Waals surface area contributed by atoms with Crippen molar-refractivity contribution < 1.29 is 19.4 Å². The third kappa shape index (κ3) is 2.93. The molecule has 1 aliphatic heterocycles. The molecule has 7 heteroatoms. The zero-order valence-corrected chi connectivity index (χ0v) is 11.7. The van der Waals surface area contributed by atoms with Crippen molar-refractivity contribution in [1.82, 2.24) is 15.1 Å². The monoisotopic (exact) mass is 301 g/mol. The normalized spacial score (nSPS) is 14.0. The van der Waals surface area contributed by atoms with E-state index in [1.807, 2.05) is 0 Å². The number of carboxylic acids is 1. The molecule has 0 spiro atoms. The molecule has 0 fully saturated rings. The molecular weight excluding hydrogens is 286 g/mol. The van der Waals surface area contributed by atoms with E-state index in [1.165, 1.54) is 4.68 Å². The summed E-state index contributed by atoms with van der Waals surface area (Å²) in [6.45, 7) is 0.576. The number of rotatable bonds is 5. The fraction of sp³-hybridized carbons (Fsp3) is 0.267. The van der Waals surface area contributed by atoms with E-state index in [9.17, 15) is 14.7 Å². The number of nitrogens with one attached hydrogen (secondary N) is 1. The van der Waals surface area contributed by atoms with Crippen LogP contribution in [0.5, 0.6) is 5.75 Å². The van der Waals surface area contributed by atoms with Gasteiger partial charge in [0.2, 0.25) is 5.91 Å². The molecule has 0 aliphatic carbocycles. The fourth-order valence-electron chi connectivity index (χ4n) is 2.42. The molecule has 0 bridgehead atoms. The van der Waals surface area contributed by atoms with Crippen LogP contribution in [0.1, 0.15) is 17.2 Å². The Morgan fingerprint density at radius 2 is 2.32 bits per heavy atom. The first-order valence-electron chi connectivity index (χ1n) is 6.89. The molecule has 1 aromatic heterocycles. The molecule has 114 valence electrons. The molecule has 7 nitrogen and oxygen atoms in total. The van der Waals surface area contributed by atoms with Crippen molar-refractivity contribution in [3.8, 4) is 5.75 Å². The molecule has 1 amide bonds. The van der Waals surface area contributed by atoms with Crippen molar-refractivity contribution in [3.63, 3.8) is 0 Å². The molecule has 1 aromatic carbocycles. The Bertz CT molecular complexity index is 697. The first kappa shape index (κ1) is 14.1. The summed E-state index contributed by atoms with van der Waals surface area (Å²) in [6.07, 6.45) is 3.95. The van der Waals surface area contributed by atoms with Gasteiger partial charge in [-0.1, -0.05) is 6.07 Å². The second-order valence-corrected chi connectivity index (χ2v) is 5.01. The van der Waals surface area contributed by atoms with Gasteiger partial charge in [-0.2, -0.15) is 5.10 Å². The van der Waals surface area contributed by atoms with Crippen LogP contribution in [0.2, 0.25) is 0 Å². The molecule has 2 aromatic rings. The van der Waals surface area contributed by atoms with Crippen molar-refractivity contribution in [2.75, 3.05) is 6.61 Å². The minimum atomic E-state index is -1.10. The summed E-state index contributed by atoms with van der Waals surface area (Å²) >= 11 is 0. The van der Waals surface area contributed by atoms with Crippen LogP contribution >= 0.6 is 0 Å². The Balaban J connectivity index is 1.75. The molecule has 2 heterocycles. The molecular formula is C15H15N3O4. The number of hydrogen-bond acceptors (Lipinski definition) is 4. The van der Waals surface area contributed by atoms with Gasteiger partial charge in [-0.3, -0.25) is 9.48 Å². The largest absolute Gasteiger partial charge is 0.493 e. The fourth-order valence-corrected chi connectivity index (χ4v) is 2.42. The number of carboxylic acid groups (broad SMARTS) is 1. The number of nitrogens with zero attached hydrogens (tertiary/aromatic N) is 2. The van der Waals surface area contributed by atoms with E-state index in [4.69, 9.17) is 4.74 Å². The van der Waals surface area contributed by atoms with Crippen LogP contribution in [0, 0.1) is 0 Å². The smallest absolute Gasteiger partial charge is 0.330 e. The topological polar surface area (TPSA) is 93.5 Å². The molecule has 2 N–H and O–H groups in total. The van der Waals surface area contributed by atoms with Gasteiger partial charge < -0.3 is 15.2 Å². The average Bonchev–Trinajstić information content (AvgIpc) is 3.14. The summed E-state index contributed by atoms with van der Waals surface area (Å²) < 4.78 is 6.83. The summed E-state index contributed by atoms with van der Waals surface area (Å²) in [5.41, 5.74) is 1.50. The van der Waals surface area contributed by atoms with Crippen LogP contribution in [-0.4, -0.2) is 33.4 Å². The van der Waals surface area contributed by atoms with Crippen molar-refractivity contribution in [2.24, 2.45) is 0 Å². The predicted molar refractivity (Wildman–Crippen MR) is 76.4 cm³/mol. The first-order valence-corrected chi connectivity index (χ1v) is 6.89. The average molecular weight is 301 g/mol. The summed E-state index contributed by atoms with van der Waals surface area (Å²) in [5.74, 6) is -0.740. The van der Waals surface area contributed by atoms with Gasteiger partial charge in [-0.25, -0.2) is 4.79 Å². The van der Waals surface area contributed by atoms with E-state index in [1.54, 1.807) is 36.7 Å². The van der Waals surface area contributed by atoms with E-state index in [0.29, 0.717) is 12.2 Å². The Hall–Kier alpha value is -2.83. The van der Waals surface area contributed by atoms with E-state index >= 15 is 0 Å². The third-order valence-corrected chi connectivity index (χ3v) is 3.46. The molecule has 1 unspecified atom stereocenters. The van der Waals surface area contributed by atoms with Crippen molar-refractivity contribution in [2.45, 2.75) is 19.0 Å². The van der Waals surface area contributed by atoms with Crippen LogP contribution in [0.15, 0.2) is 36.7 Å². The van der Waals surface area contributed by atoms with Gasteiger partial charge in [0.1, 0.15) is 12.3 Å². The van der Waals surface area contributed by atoms with E-state index in [2.05, 4.69) is 10.4 Å². The number of amides is 1. The molecule has 3 rings (SSSR count). The zero-order valence-electron chi connectivity index (χ0n) is 11.7. The van der Waals surface area contributed by atoms with Gasteiger partial charge in [0, 0.05) is 18.8 Å². The summed E-state index contributed by atoms with van der Waals surface area (Å²) in [4.78, 5) is 23.4. The highest BCUT2D eigenvalue weighted by Gasteiger charge is 2.24. The van der Waals surface area contributed by atoms with Crippen molar-refractivity contribution in [3.05, 3.63) is 47.8 Å². The van der Waals surface area contributed by atoms with Gasteiger partial charge in [-0.05, 0) is 29.3 Å². The van der Waals surface area contributed by atoms with E-state index in [-0.39, 0.29) is 6.54 Å².